The number of fused-ring (bicyclic) bond motifs is 1. The predicted molar refractivity (Wildman–Crippen MR) is 98.9 cm³/mol. The Labute approximate surface area is 150 Å². The van der Waals surface area contributed by atoms with Crippen LogP contribution in [0, 0.1) is 5.92 Å². The minimum Gasteiger partial charge on any atom is -0.338 e. The van der Waals surface area contributed by atoms with Crippen molar-refractivity contribution in [1.29, 1.82) is 0 Å². The van der Waals surface area contributed by atoms with E-state index in [1.807, 2.05) is 0 Å². The molecule has 3 fully saturated rings. The van der Waals surface area contributed by atoms with Crippen molar-refractivity contribution in [2.24, 2.45) is 5.92 Å². The molecule has 3 aliphatic rings. The van der Waals surface area contributed by atoms with Gasteiger partial charge in [0.2, 0.25) is 5.91 Å². The Hall–Kier alpha value is -1.43. The first-order chi connectivity index (χ1) is 12.3. The summed E-state index contributed by atoms with van der Waals surface area (Å²) < 4.78 is 0. The quantitative estimate of drug-likeness (QED) is 0.758. The second-order valence-corrected chi connectivity index (χ2v) is 7.74. The van der Waals surface area contributed by atoms with E-state index in [2.05, 4.69) is 51.4 Å². The Morgan fingerprint density at radius 2 is 2.04 bits per heavy atom. The van der Waals surface area contributed by atoms with E-state index in [0.29, 0.717) is 23.9 Å². The third-order valence-electron chi connectivity index (χ3n) is 6.15. The summed E-state index contributed by atoms with van der Waals surface area (Å²) in [6, 6.07) is 11.5. The number of hydrogen-bond acceptors (Lipinski definition) is 4. The van der Waals surface area contributed by atoms with Crippen LogP contribution in [0.5, 0.6) is 0 Å². The van der Waals surface area contributed by atoms with E-state index in [1.54, 1.807) is 0 Å². The lowest BCUT2D eigenvalue weighted by molar-refractivity contribution is -0.135. The molecule has 5 nitrogen and oxygen atoms in total. The van der Waals surface area contributed by atoms with Crippen LogP contribution in [-0.2, 0) is 11.2 Å². The summed E-state index contributed by atoms with van der Waals surface area (Å²) in [4.78, 5) is 15.3. The molecule has 1 aromatic rings. The van der Waals surface area contributed by atoms with Gasteiger partial charge in [0.15, 0.2) is 0 Å². The fourth-order valence-electron chi connectivity index (χ4n) is 4.75. The molecule has 3 saturated heterocycles. The summed E-state index contributed by atoms with van der Waals surface area (Å²) >= 11 is 0. The normalized spacial score (nSPS) is 31.9. The molecular formula is C20H30N4O. The highest BCUT2D eigenvalue weighted by Crippen LogP contribution is 2.27. The Bertz CT molecular complexity index is 578. The smallest absolute Gasteiger partial charge is 0.241 e. The van der Waals surface area contributed by atoms with Gasteiger partial charge in [0.05, 0.1) is 0 Å². The second-order valence-electron chi connectivity index (χ2n) is 7.74. The van der Waals surface area contributed by atoms with Crippen molar-refractivity contribution in [3.05, 3.63) is 35.9 Å². The number of rotatable bonds is 5. The minimum absolute atomic E-state index is 0.0625. The molecule has 1 amide bonds. The van der Waals surface area contributed by atoms with Crippen molar-refractivity contribution in [2.45, 2.75) is 56.7 Å². The molecule has 3 N–H and O–H groups in total. The average molecular weight is 342 g/mol. The van der Waals surface area contributed by atoms with Gasteiger partial charge in [-0.3, -0.25) is 10.2 Å². The summed E-state index contributed by atoms with van der Waals surface area (Å²) in [6.07, 6.45) is 6.79. The van der Waals surface area contributed by atoms with E-state index < -0.39 is 0 Å². The average Bonchev–Trinajstić information content (AvgIpc) is 3.29. The van der Waals surface area contributed by atoms with Crippen molar-refractivity contribution in [3.8, 4) is 0 Å². The molecular weight excluding hydrogens is 312 g/mol. The van der Waals surface area contributed by atoms with E-state index in [0.717, 1.165) is 58.2 Å². The standard InChI is InChI=1S/C20H30N4O/c25-20(19-17-14-21-12-11-18(17)22-23-19)24-13-5-10-16(24)9-4-8-15-6-2-1-3-7-15/h1-3,6-7,16-19,21-23H,4-5,8-14H2. The highest BCUT2D eigenvalue weighted by Gasteiger charge is 2.44. The molecule has 0 aliphatic carbocycles. The monoisotopic (exact) mass is 342 g/mol. The number of benzene rings is 1. The van der Waals surface area contributed by atoms with Crippen LogP contribution in [0.15, 0.2) is 30.3 Å². The lowest BCUT2D eigenvalue weighted by Gasteiger charge is -2.32. The van der Waals surface area contributed by atoms with Crippen molar-refractivity contribution in [2.75, 3.05) is 19.6 Å². The molecule has 4 rings (SSSR count). The zero-order valence-corrected chi connectivity index (χ0v) is 14.9. The Balaban J connectivity index is 1.32. The molecule has 1 aromatic carbocycles. The zero-order chi connectivity index (χ0) is 17.1. The fourth-order valence-corrected chi connectivity index (χ4v) is 4.75. The minimum atomic E-state index is -0.0625. The van der Waals surface area contributed by atoms with Gasteiger partial charge in [-0.25, -0.2) is 5.43 Å². The Kier molecular flexibility index (Phi) is 5.34. The fraction of sp³-hybridized carbons (Fsp3) is 0.650. The number of likely N-dealkylation sites (tertiary alicyclic amines) is 1. The molecule has 5 heteroatoms. The van der Waals surface area contributed by atoms with Gasteiger partial charge in [-0.2, -0.15) is 0 Å². The van der Waals surface area contributed by atoms with E-state index in [1.165, 1.54) is 5.56 Å². The van der Waals surface area contributed by atoms with Crippen LogP contribution in [0.3, 0.4) is 0 Å². The summed E-state index contributed by atoms with van der Waals surface area (Å²) in [5.41, 5.74) is 8.05. The van der Waals surface area contributed by atoms with E-state index >= 15 is 0 Å². The largest absolute Gasteiger partial charge is 0.338 e. The number of hydrazine groups is 1. The molecule has 0 bridgehead atoms. The van der Waals surface area contributed by atoms with E-state index in [4.69, 9.17) is 0 Å². The molecule has 3 aliphatic heterocycles. The molecule has 136 valence electrons. The summed E-state index contributed by atoms with van der Waals surface area (Å²) in [6.45, 7) is 2.91. The van der Waals surface area contributed by atoms with Gasteiger partial charge in [-0.1, -0.05) is 30.3 Å². The van der Waals surface area contributed by atoms with Crippen LogP contribution >= 0.6 is 0 Å². The first-order valence-electron chi connectivity index (χ1n) is 9.89. The number of piperidine rings is 1. The number of nitrogens with zero attached hydrogens (tertiary/aromatic N) is 1. The number of nitrogens with one attached hydrogen (secondary N) is 3. The topological polar surface area (TPSA) is 56.4 Å². The zero-order valence-electron chi connectivity index (χ0n) is 14.9. The summed E-state index contributed by atoms with van der Waals surface area (Å²) in [7, 11) is 0. The number of amides is 1. The lowest BCUT2D eigenvalue weighted by atomic mass is 9.88. The highest BCUT2D eigenvalue weighted by molar-refractivity contribution is 5.83. The Morgan fingerprint density at radius 3 is 2.92 bits per heavy atom. The first-order valence-corrected chi connectivity index (χ1v) is 9.89. The maximum atomic E-state index is 13.1. The molecule has 0 radical (unpaired) electrons. The maximum absolute atomic E-state index is 13.1. The lowest BCUT2D eigenvalue weighted by Crippen LogP contribution is -2.51. The second kappa shape index (κ2) is 7.85. The first kappa shape index (κ1) is 17.0. The molecule has 25 heavy (non-hydrogen) atoms. The van der Waals surface area contributed by atoms with Crippen molar-refractivity contribution in [3.63, 3.8) is 0 Å². The summed E-state index contributed by atoms with van der Waals surface area (Å²) in [5, 5.41) is 3.44. The summed E-state index contributed by atoms with van der Waals surface area (Å²) in [5.74, 6) is 0.692. The molecule has 0 aromatic heterocycles. The van der Waals surface area contributed by atoms with Crippen LogP contribution in [0.2, 0.25) is 0 Å². The van der Waals surface area contributed by atoms with Gasteiger partial charge < -0.3 is 10.2 Å². The number of hydrogen-bond donors (Lipinski definition) is 3. The number of aryl methyl sites for hydroxylation is 1. The van der Waals surface area contributed by atoms with E-state index in [9.17, 15) is 4.79 Å². The van der Waals surface area contributed by atoms with Crippen LogP contribution in [-0.4, -0.2) is 48.6 Å². The Morgan fingerprint density at radius 1 is 1.16 bits per heavy atom. The van der Waals surface area contributed by atoms with Gasteiger partial charge in [-0.05, 0) is 50.6 Å². The number of carbonyl (C=O) groups excluding carboxylic acids is 1. The van der Waals surface area contributed by atoms with Crippen LogP contribution in [0.1, 0.15) is 37.7 Å². The molecule has 4 atom stereocenters. The van der Waals surface area contributed by atoms with Gasteiger partial charge in [0.25, 0.3) is 0 Å². The van der Waals surface area contributed by atoms with Crippen molar-refractivity contribution < 1.29 is 4.79 Å². The predicted octanol–water partition coefficient (Wildman–Crippen LogP) is 1.45. The SMILES string of the molecule is O=C(C1NNC2CCNCC21)N1CCCC1CCCc1ccccc1. The highest BCUT2D eigenvalue weighted by atomic mass is 16.2. The van der Waals surface area contributed by atoms with Gasteiger partial charge in [-0.15, -0.1) is 0 Å². The van der Waals surface area contributed by atoms with Crippen LogP contribution < -0.4 is 16.2 Å². The third-order valence-corrected chi connectivity index (χ3v) is 6.15. The van der Waals surface area contributed by atoms with E-state index in [-0.39, 0.29) is 6.04 Å². The maximum Gasteiger partial charge on any atom is 0.241 e. The molecule has 4 unspecified atom stereocenters. The van der Waals surface area contributed by atoms with Gasteiger partial charge in [0, 0.05) is 31.1 Å². The van der Waals surface area contributed by atoms with Crippen molar-refractivity contribution >= 4 is 5.91 Å². The van der Waals surface area contributed by atoms with Crippen LogP contribution in [0.25, 0.3) is 0 Å². The van der Waals surface area contributed by atoms with Crippen molar-refractivity contribution in [1.82, 2.24) is 21.1 Å². The molecule has 3 heterocycles. The van der Waals surface area contributed by atoms with Crippen LogP contribution in [0.4, 0.5) is 0 Å². The third kappa shape index (κ3) is 3.73. The van der Waals surface area contributed by atoms with Gasteiger partial charge >= 0.3 is 0 Å². The molecule has 0 spiro atoms. The number of carbonyl (C=O) groups is 1. The molecule has 0 saturated carbocycles. The van der Waals surface area contributed by atoms with Gasteiger partial charge in [0.1, 0.15) is 6.04 Å².